The fourth-order valence-corrected chi connectivity index (χ4v) is 3.15. The molecular formula is C17H22N2S. The lowest BCUT2D eigenvalue weighted by molar-refractivity contribution is 0.635. The van der Waals surface area contributed by atoms with E-state index in [0.29, 0.717) is 0 Å². The van der Waals surface area contributed by atoms with Crippen LogP contribution in [0.25, 0.3) is 0 Å². The third-order valence-electron chi connectivity index (χ3n) is 3.27. The molecule has 0 spiro atoms. The molecule has 0 radical (unpaired) electrons. The smallest absolute Gasteiger partial charge is 0.0710 e. The molecule has 0 heterocycles. The van der Waals surface area contributed by atoms with Gasteiger partial charge in [0.25, 0.3) is 0 Å². The standard InChI is InChI=1S/C17H22N2S/c1-4-20-16-7-5-14(6-8-16)17(19-18)15-10-12(2)9-13(3)11-15/h5-11,17,19H,4,18H2,1-3H3. The molecule has 3 N–H and O–H groups in total. The molecule has 0 saturated carbocycles. The molecule has 2 aromatic carbocycles. The Morgan fingerprint density at radius 2 is 1.60 bits per heavy atom. The molecule has 20 heavy (non-hydrogen) atoms. The summed E-state index contributed by atoms with van der Waals surface area (Å²) in [5, 5.41) is 0. The molecule has 0 aromatic heterocycles. The van der Waals surface area contributed by atoms with Gasteiger partial charge in [0.2, 0.25) is 0 Å². The molecule has 0 bridgehead atoms. The summed E-state index contributed by atoms with van der Waals surface area (Å²) in [4.78, 5) is 1.30. The normalized spacial score (nSPS) is 12.4. The topological polar surface area (TPSA) is 38.0 Å². The summed E-state index contributed by atoms with van der Waals surface area (Å²) in [6, 6.07) is 15.2. The van der Waals surface area contributed by atoms with Crippen LogP contribution < -0.4 is 11.3 Å². The van der Waals surface area contributed by atoms with Crippen molar-refractivity contribution in [2.24, 2.45) is 5.84 Å². The first-order chi connectivity index (χ1) is 9.63. The monoisotopic (exact) mass is 286 g/mol. The predicted molar refractivity (Wildman–Crippen MR) is 87.9 cm³/mol. The number of aryl methyl sites for hydroxylation is 2. The summed E-state index contributed by atoms with van der Waals surface area (Å²) in [7, 11) is 0. The first kappa shape index (κ1) is 15.1. The maximum absolute atomic E-state index is 5.78. The van der Waals surface area contributed by atoms with Gasteiger partial charge in [0.05, 0.1) is 6.04 Å². The summed E-state index contributed by atoms with van der Waals surface area (Å²) in [5.41, 5.74) is 7.86. The molecule has 0 aliphatic rings. The summed E-state index contributed by atoms with van der Waals surface area (Å²) in [5.74, 6) is 6.87. The van der Waals surface area contributed by atoms with Crippen LogP contribution in [-0.4, -0.2) is 5.75 Å². The van der Waals surface area contributed by atoms with E-state index in [9.17, 15) is 0 Å². The highest BCUT2D eigenvalue weighted by Crippen LogP contribution is 2.26. The zero-order chi connectivity index (χ0) is 14.5. The SMILES string of the molecule is CCSc1ccc(C(NN)c2cc(C)cc(C)c2)cc1. The number of rotatable bonds is 5. The Hall–Kier alpha value is -1.29. The van der Waals surface area contributed by atoms with Gasteiger partial charge in [-0.2, -0.15) is 0 Å². The number of benzene rings is 2. The van der Waals surface area contributed by atoms with Gasteiger partial charge in [-0.1, -0.05) is 48.4 Å². The fourth-order valence-electron chi connectivity index (χ4n) is 2.48. The zero-order valence-corrected chi connectivity index (χ0v) is 13.1. The van der Waals surface area contributed by atoms with Crippen LogP contribution in [0.2, 0.25) is 0 Å². The van der Waals surface area contributed by atoms with Gasteiger partial charge in [0.1, 0.15) is 0 Å². The minimum Gasteiger partial charge on any atom is -0.271 e. The second-order valence-corrected chi connectivity index (χ2v) is 6.36. The van der Waals surface area contributed by atoms with Gasteiger partial charge in [0, 0.05) is 4.90 Å². The molecule has 0 fully saturated rings. The molecule has 106 valence electrons. The summed E-state index contributed by atoms with van der Waals surface area (Å²) in [6.45, 7) is 6.40. The summed E-state index contributed by atoms with van der Waals surface area (Å²) < 4.78 is 0. The van der Waals surface area contributed by atoms with E-state index in [2.05, 4.69) is 68.7 Å². The lowest BCUT2D eigenvalue weighted by Gasteiger charge is -2.18. The van der Waals surface area contributed by atoms with Crippen LogP contribution in [0.5, 0.6) is 0 Å². The van der Waals surface area contributed by atoms with Crippen molar-refractivity contribution in [3.8, 4) is 0 Å². The van der Waals surface area contributed by atoms with E-state index in [-0.39, 0.29) is 6.04 Å². The van der Waals surface area contributed by atoms with Crippen LogP contribution in [0.1, 0.15) is 35.2 Å². The van der Waals surface area contributed by atoms with E-state index in [1.807, 2.05) is 11.8 Å². The molecule has 0 aliphatic carbocycles. The molecular weight excluding hydrogens is 264 g/mol. The van der Waals surface area contributed by atoms with Gasteiger partial charge >= 0.3 is 0 Å². The van der Waals surface area contributed by atoms with E-state index in [1.54, 1.807) is 0 Å². The van der Waals surface area contributed by atoms with Crippen molar-refractivity contribution in [1.29, 1.82) is 0 Å². The highest BCUT2D eigenvalue weighted by molar-refractivity contribution is 7.99. The van der Waals surface area contributed by atoms with E-state index >= 15 is 0 Å². The van der Waals surface area contributed by atoms with Crippen LogP contribution >= 0.6 is 11.8 Å². The van der Waals surface area contributed by atoms with Crippen molar-refractivity contribution in [3.05, 3.63) is 64.7 Å². The van der Waals surface area contributed by atoms with Crippen molar-refractivity contribution in [2.45, 2.75) is 31.7 Å². The lowest BCUT2D eigenvalue weighted by atomic mass is 9.96. The maximum atomic E-state index is 5.78. The molecule has 2 aromatic rings. The third-order valence-corrected chi connectivity index (χ3v) is 4.16. The Labute approximate surface area is 125 Å². The van der Waals surface area contributed by atoms with Gasteiger partial charge < -0.3 is 0 Å². The highest BCUT2D eigenvalue weighted by Gasteiger charge is 2.13. The molecule has 1 unspecified atom stereocenters. The largest absolute Gasteiger partial charge is 0.271 e. The van der Waals surface area contributed by atoms with E-state index in [1.165, 1.54) is 27.1 Å². The zero-order valence-electron chi connectivity index (χ0n) is 12.3. The number of hydrogen-bond donors (Lipinski definition) is 2. The summed E-state index contributed by atoms with van der Waals surface area (Å²) >= 11 is 1.85. The van der Waals surface area contributed by atoms with Crippen molar-refractivity contribution < 1.29 is 0 Å². The van der Waals surface area contributed by atoms with Gasteiger partial charge in [-0.25, -0.2) is 5.43 Å². The number of nitrogens with one attached hydrogen (secondary N) is 1. The average Bonchev–Trinajstić information content (AvgIpc) is 2.41. The van der Waals surface area contributed by atoms with Crippen LogP contribution in [0.3, 0.4) is 0 Å². The van der Waals surface area contributed by atoms with Crippen LogP contribution in [0, 0.1) is 13.8 Å². The quantitative estimate of drug-likeness (QED) is 0.496. The molecule has 3 heteroatoms. The first-order valence-electron chi connectivity index (χ1n) is 6.91. The second-order valence-electron chi connectivity index (χ2n) is 5.02. The molecule has 2 rings (SSSR count). The van der Waals surface area contributed by atoms with Crippen molar-refractivity contribution >= 4 is 11.8 Å². The van der Waals surface area contributed by atoms with Gasteiger partial charge in [-0.15, -0.1) is 11.8 Å². The average molecular weight is 286 g/mol. The maximum Gasteiger partial charge on any atom is 0.0710 e. The van der Waals surface area contributed by atoms with Crippen molar-refractivity contribution in [2.75, 3.05) is 5.75 Å². The van der Waals surface area contributed by atoms with Gasteiger partial charge in [-0.3, -0.25) is 5.84 Å². The minimum atomic E-state index is 0.0364. The third kappa shape index (κ3) is 3.63. The van der Waals surface area contributed by atoms with E-state index in [4.69, 9.17) is 5.84 Å². The Kier molecular flexibility index (Phi) is 5.24. The minimum absolute atomic E-state index is 0.0364. The van der Waals surface area contributed by atoms with Gasteiger partial charge in [0.15, 0.2) is 0 Å². The van der Waals surface area contributed by atoms with Crippen molar-refractivity contribution in [1.82, 2.24) is 5.43 Å². The molecule has 2 nitrogen and oxygen atoms in total. The Morgan fingerprint density at radius 3 is 2.10 bits per heavy atom. The summed E-state index contributed by atoms with van der Waals surface area (Å²) in [6.07, 6.45) is 0. The van der Waals surface area contributed by atoms with Crippen LogP contribution in [0.15, 0.2) is 47.4 Å². The Bertz CT molecular complexity index is 543. The highest BCUT2D eigenvalue weighted by atomic mass is 32.2. The second kappa shape index (κ2) is 6.93. The number of thioether (sulfide) groups is 1. The van der Waals surface area contributed by atoms with E-state index < -0.39 is 0 Å². The first-order valence-corrected chi connectivity index (χ1v) is 7.89. The molecule has 0 saturated heterocycles. The Balaban J connectivity index is 2.31. The molecule has 0 aliphatic heterocycles. The van der Waals surface area contributed by atoms with Crippen LogP contribution in [-0.2, 0) is 0 Å². The number of nitrogens with two attached hydrogens (primary N) is 1. The predicted octanol–water partition coefficient (Wildman–Crippen LogP) is 3.97. The number of hydrogen-bond acceptors (Lipinski definition) is 3. The molecule has 1 atom stereocenters. The van der Waals surface area contributed by atoms with Gasteiger partial charge in [-0.05, 0) is 42.9 Å². The van der Waals surface area contributed by atoms with Crippen LogP contribution in [0.4, 0.5) is 0 Å². The lowest BCUT2D eigenvalue weighted by Crippen LogP contribution is -2.28. The fraction of sp³-hybridized carbons (Fsp3) is 0.294. The Morgan fingerprint density at radius 1 is 1.00 bits per heavy atom. The van der Waals surface area contributed by atoms with Crippen molar-refractivity contribution in [3.63, 3.8) is 0 Å². The number of hydrazine groups is 1. The van der Waals surface area contributed by atoms with E-state index in [0.717, 1.165) is 5.75 Å². The molecule has 0 amide bonds.